The molecule has 0 saturated carbocycles. The summed E-state index contributed by atoms with van der Waals surface area (Å²) >= 11 is 0. The zero-order chi connectivity index (χ0) is 9.84. The molecule has 0 atom stereocenters. The molecule has 3 heteroatoms. The van der Waals surface area contributed by atoms with Gasteiger partial charge in [-0.25, -0.2) is 0 Å². The van der Waals surface area contributed by atoms with E-state index in [4.69, 9.17) is 0 Å². The van der Waals surface area contributed by atoms with Crippen LogP contribution in [-0.4, -0.2) is 23.6 Å². The number of rotatable bonds is 4. The van der Waals surface area contributed by atoms with Gasteiger partial charge in [0.05, 0.1) is 5.70 Å². The van der Waals surface area contributed by atoms with E-state index in [0.717, 1.165) is 6.54 Å². The van der Waals surface area contributed by atoms with Crippen LogP contribution in [0.4, 0.5) is 0 Å². The molecule has 1 N–H and O–H groups in total. The maximum atomic E-state index is 3.29. The Morgan fingerprint density at radius 1 is 1.46 bits per heavy atom. The van der Waals surface area contributed by atoms with Crippen molar-refractivity contribution in [1.82, 2.24) is 15.6 Å². The quantitative estimate of drug-likeness (QED) is 0.718. The smallest absolute Gasteiger partial charge is 0.0507 e. The highest BCUT2D eigenvalue weighted by molar-refractivity contribution is 5.04. The first-order chi connectivity index (χ1) is 6.15. The van der Waals surface area contributed by atoms with Gasteiger partial charge in [0, 0.05) is 19.8 Å². The first-order valence-corrected chi connectivity index (χ1v) is 5.13. The number of nitrogens with one attached hydrogen (secondary N) is 1. The van der Waals surface area contributed by atoms with Gasteiger partial charge in [0.1, 0.15) is 0 Å². The number of nitrogens with zero attached hydrogens (tertiary/aromatic N) is 2. The molecule has 0 aromatic heterocycles. The van der Waals surface area contributed by atoms with Crippen LogP contribution < -0.4 is 5.53 Å². The predicted octanol–water partition coefficient (Wildman–Crippen LogP) is 1.95. The minimum Gasteiger partial charge on any atom is -0.296 e. The van der Waals surface area contributed by atoms with Gasteiger partial charge < -0.3 is 0 Å². The van der Waals surface area contributed by atoms with E-state index in [1.165, 1.54) is 18.5 Å². The summed E-state index contributed by atoms with van der Waals surface area (Å²) in [6.45, 7) is 7.74. The minimum atomic E-state index is 0.587. The van der Waals surface area contributed by atoms with Crippen molar-refractivity contribution in [3.05, 3.63) is 11.9 Å². The average molecular weight is 183 g/mol. The summed E-state index contributed by atoms with van der Waals surface area (Å²) < 4.78 is 0. The zero-order valence-corrected chi connectivity index (χ0v) is 9.17. The Bertz CT molecular complexity index is 187. The molecule has 13 heavy (non-hydrogen) atoms. The van der Waals surface area contributed by atoms with Crippen LogP contribution in [0.25, 0.3) is 0 Å². The molecule has 1 aliphatic rings. The first kappa shape index (κ1) is 10.4. The SMILES string of the molecule is CCCCN1C=C(C(C)C)N(C)N1. The fourth-order valence-electron chi connectivity index (χ4n) is 1.50. The normalized spacial score (nSPS) is 17.2. The second-order valence-corrected chi connectivity index (χ2v) is 3.91. The van der Waals surface area contributed by atoms with Crippen LogP contribution in [-0.2, 0) is 0 Å². The summed E-state index contributed by atoms with van der Waals surface area (Å²) in [5.74, 6) is 0.587. The van der Waals surface area contributed by atoms with Crippen molar-refractivity contribution in [2.75, 3.05) is 13.6 Å². The van der Waals surface area contributed by atoms with Gasteiger partial charge in [0.15, 0.2) is 0 Å². The van der Waals surface area contributed by atoms with Crippen LogP contribution >= 0.6 is 0 Å². The molecular weight excluding hydrogens is 162 g/mol. The third kappa shape index (κ3) is 2.62. The summed E-state index contributed by atoms with van der Waals surface area (Å²) in [5, 5.41) is 4.26. The molecule has 0 radical (unpaired) electrons. The lowest BCUT2D eigenvalue weighted by Crippen LogP contribution is -2.38. The van der Waals surface area contributed by atoms with Gasteiger partial charge in [0.2, 0.25) is 0 Å². The molecule has 1 heterocycles. The average Bonchev–Trinajstić information content (AvgIpc) is 2.43. The Labute approximate surface area is 81.3 Å². The van der Waals surface area contributed by atoms with E-state index in [1.807, 2.05) is 0 Å². The van der Waals surface area contributed by atoms with Gasteiger partial charge in [-0.05, 0) is 12.3 Å². The van der Waals surface area contributed by atoms with Crippen molar-refractivity contribution in [3.63, 3.8) is 0 Å². The number of allylic oxidation sites excluding steroid dienone is 1. The second-order valence-electron chi connectivity index (χ2n) is 3.91. The summed E-state index contributed by atoms with van der Waals surface area (Å²) in [6.07, 6.45) is 4.69. The van der Waals surface area contributed by atoms with Gasteiger partial charge in [0.25, 0.3) is 0 Å². The molecule has 0 spiro atoms. The summed E-state index contributed by atoms with van der Waals surface area (Å²) in [4.78, 5) is 0. The van der Waals surface area contributed by atoms with Gasteiger partial charge in [-0.2, -0.15) is 0 Å². The van der Waals surface area contributed by atoms with Crippen LogP contribution in [0.1, 0.15) is 33.6 Å². The molecule has 0 bridgehead atoms. The number of unbranched alkanes of at least 4 members (excludes halogenated alkanes) is 1. The molecule has 76 valence electrons. The molecule has 0 aliphatic carbocycles. The Hall–Kier alpha value is -0.700. The first-order valence-electron chi connectivity index (χ1n) is 5.13. The Morgan fingerprint density at radius 2 is 2.15 bits per heavy atom. The van der Waals surface area contributed by atoms with Crippen LogP contribution in [0.3, 0.4) is 0 Å². The summed E-state index contributed by atoms with van der Waals surface area (Å²) in [7, 11) is 2.07. The van der Waals surface area contributed by atoms with E-state index < -0.39 is 0 Å². The second kappa shape index (κ2) is 4.51. The highest BCUT2D eigenvalue weighted by atomic mass is 15.8. The molecule has 0 saturated heterocycles. The lowest BCUT2D eigenvalue weighted by atomic mass is 10.1. The molecule has 0 amide bonds. The van der Waals surface area contributed by atoms with E-state index in [9.17, 15) is 0 Å². The molecule has 0 unspecified atom stereocenters. The van der Waals surface area contributed by atoms with Crippen molar-refractivity contribution in [2.24, 2.45) is 5.92 Å². The van der Waals surface area contributed by atoms with Crippen LogP contribution in [0.5, 0.6) is 0 Å². The maximum Gasteiger partial charge on any atom is 0.0507 e. The molecule has 1 aliphatic heterocycles. The van der Waals surface area contributed by atoms with Crippen molar-refractivity contribution >= 4 is 0 Å². The van der Waals surface area contributed by atoms with Crippen molar-refractivity contribution in [1.29, 1.82) is 0 Å². The van der Waals surface area contributed by atoms with Crippen molar-refractivity contribution in [2.45, 2.75) is 33.6 Å². The molecule has 0 aromatic carbocycles. The van der Waals surface area contributed by atoms with Gasteiger partial charge in [-0.3, -0.25) is 10.0 Å². The summed E-state index contributed by atoms with van der Waals surface area (Å²) in [5.41, 5.74) is 4.65. The third-order valence-corrected chi connectivity index (χ3v) is 2.30. The fraction of sp³-hybridized carbons (Fsp3) is 0.800. The van der Waals surface area contributed by atoms with Crippen LogP contribution in [0.2, 0.25) is 0 Å². The standard InChI is InChI=1S/C10H21N3/c1-5-6-7-13-8-10(9(2)3)12(4)11-13/h8-9,11H,5-7H2,1-4H3. The predicted molar refractivity (Wildman–Crippen MR) is 55.4 cm³/mol. The largest absolute Gasteiger partial charge is 0.296 e. The Balaban J connectivity index is 2.46. The molecule has 3 nitrogen and oxygen atoms in total. The maximum absolute atomic E-state index is 3.29. The van der Waals surface area contributed by atoms with E-state index >= 15 is 0 Å². The minimum absolute atomic E-state index is 0.587. The monoisotopic (exact) mass is 183 g/mol. The number of hydrazine groups is 2. The zero-order valence-electron chi connectivity index (χ0n) is 9.17. The molecular formula is C10H21N3. The number of hydrogen-bond donors (Lipinski definition) is 1. The van der Waals surface area contributed by atoms with E-state index in [0.29, 0.717) is 5.92 Å². The van der Waals surface area contributed by atoms with Crippen LogP contribution in [0.15, 0.2) is 11.9 Å². The van der Waals surface area contributed by atoms with Crippen LogP contribution in [0, 0.1) is 5.92 Å². The van der Waals surface area contributed by atoms with Crippen molar-refractivity contribution < 1.29 is 0 Å². The Kier molecular flexibility index (Phi) is 3.60. The van der Waals surface area contributed by atoms with Gasteiger partial charge in [-0.15, -0.1) is 5.53 Å². The van der Waals surface area contributed by atoms with Crippen molar-refractivity contribution in [3.8, 4) is 0 Å². The number of hydrogen-bond acceptors (Lipinski definition) is 3. The van der Waals surface area contributed by atoms with E-state index in [2.05, 4.69) is 49.6 Å². The lowest BCUT2D eigenvalue weighted by Gasteiger charge is -2.21. The molecule has 0 fully saturated rings. The Morgan fingerprint density at radius 3 is 2.62 bits per heavy atom. The lowest BCUT2D eigenvalue weighted by molar-refractivity contribution is 0.147. The van der Waals surface area contributed by atoms with E-state index in [1.54, 1.807) is 0 Å². The van der Waals surface area contributed by atoms with Gasteiger partial charge >= 0.3 is 0 Å². The fourth-order valence-corrected chi connectivity index (χ4v) is 1.50. The molecule has 1 rings (SSSR count). The van der Waals surface area contributed by atoms with E-state index in [-0.39, 0.29) is 0 Å². The topological polar surface area (TPSA) is 18.5 Å². The third-order valence-electron chi connectivity index (χ3n) is 2.30. The highest BCUT2D eigenvalue weighted by Crippen LogP contribution is 2.17. The summed E-state index contributed by atoms with van der Waals surface area (Å²) in [6, 6.07) is 0. The highest BCUT2D eigenvalue weighted by Gasteiger charge is 2.18. The molecule has 0 aromatic rings. The van der Waals surface area contributed by atoms with Gasteiger partial charge in [-0.1, -0.05) is 27.2 Å².